The minimum Gasteiger partial charge on any atom is -0.477 e. The predicted octanol–water partition coefficient (Wildman–Crippen LogP) is 1.87. The summed E-state index contributed by atoms with van der Waals surface area (Å²) in [5, 5.41) is 22.2. The topological polar surface area (TPSA) is 120 Å². The standard InChI is InChI=1S/C21H20N2O6/c1-11(24)18-15-10-14(19(21(27)28)23(15)20(18)26)13-5-2-4-12(8-13)9-16(25)22-17-6-3-7-29-17/h2-8,11,15,18,24H,9-10H2,1H3,(H,22,25)(H,27,28)/t11-,15-,18-/m1/s1. The first-order valence-electron chi connectivity index (χ1n) is 9.27. The second-order valence-electron chi connectivity index (χ2n) is 7.28. The number of anilines is 1. The first-order valence-corrected chi connectivity index (χ1v) is 9.27. The number of β-lactam (4-membered cyclic amide) rings is 1. The monoisotopic (exact) mass is 396 g/mol. The number of carboxylic acids is 1. The molecule has 3 atom stereocenters. The van der Waals surface area contributed by atoms with E-state index in [1.807, 2.05) is 0 Å². The van der Waals surface area contributed by atoms with E-state index in [4.69, 9.17) is 4.42 Å². The molecule has 3 N–H and O–H groups in total. The number of carboxylic acid groups (broad SMARTS) is 1. The number of hydrogen-bond donors (Lipinski definition) is 3. The van der Waals surface area contributed by atoms with Crippen LogP contribution in [0.4, 0.5) is 5.88 Å². The summed E-state index contributed by atoms with van der Waals surface area (Å²) in [7, 11) is 0. The molecule has 1 aromatic carbocycles. The number of hydrogen-bond acceptors (Lipinski definition) is 5. The van der Waals surface area contributed by atoms with Gasteiger partial charge in [0.25, 0.3) is 0 Å². The molecule has 0 spiro atoms. The van der Waals surface area contributed by atoms with Crippen molar-refractivity contribution in [1.29, 1.82) is 0 Å². The molecule has 2 aliphatic rings. The normalized spacial score (nSPS) is 21.6. The fourth-order valence-corrected chi connectivity index (χ4v) is 4.11. The second-order valence-corrected chi connectivity index (χ2v) is 7.28. The van der Waals surface area contributed by atoms with Gasteiger partial charge in [0.05, 0.1) is 30.7 Å². The molecule has 1 fully saturated rings. The molecule has 3 heterocycles. The van der Waals surface area contributed by atoms with Crippen molar-refractivity contribution in [1.82, 2.24) is 4.90 Å². The number of benzene rings is 1. The molecular weight excluding hydrogens is 376 g/mol. The molecule has 8 nitrogen and oxygen atoms in total. The summed E-state index contributed by atoms with van der Waals surface area (Å²) < 4.78 is 5.09. The van der Waals surface area contributed by atoms with Crippen LogP contribution in [-0.2, 0) is 20.8 Å². The lowest BCUT2D eigenvalue weighted by Gasteiger charge is -2.44. The van der Waals surface area contributed by atoms with Gasteiger partial charge in [0.1, 0.15) is 5.70 Å². The fourth-order valence-electron chi connectivity index (χ4n) is 4.11. The molecule has 2 aromatic rings. The van der Waals surface area contributed by atoms with Gasteiger partial charge in [0.2, 0.25) is 11.8 Å². The summed E-state index contributed by atoms with van der Waals surface area (Å²) in [5.74, 6) is -2.05. The van der Waals surface area contributed by atoms with E-state index in [1.165, 1.54) is 18.1 Å². The van der Waals surface area contributed by atoms with E-state index >= 15 is 0 Å². The maximum Gasteiger partial charge on any atom is 0.352 e. The lowest BCUT2D eigenvalue weighted by atomic mass is 9.82. The molecule has 0 unspecified atom stereocenters. The van der Waals surface area contributed by atoms with Crippen LogP contribution in [0.1, 0.15) is 24.5 Å². The van der Waals surface area contributed by atoms with Gasteiger partial charge in [-0.25, -0.2) is 4.79 Å². The molecule has 1 aromatic heterocycles. The van der Waals surface area contributed by atoms with E-state index in [9.17, 15) is 24.6 Å². The van der Waals surface area contributed by atoms with Crippen LogP contribution in [0.3, 0.4) is 0 Å². The van der Waals surface area contributed by atoms with Crippen molar-refractivity contribution < 1.29 is 29.0 Å². The Labute approximate surface area is 166 Å². The van der Waals surface area contributed by atoms with Crippen molar-refractivity contribution >= 4 is 29.2 Å². The summed E-state index contributed by atoms with van der Waals surface area (Å²) >= 11 is 0. The number of fused-ring (bicyclic) bond motifs is 1. The Morgan fingerprint density at radius 3 is 2.76 bits per heavy atom. The average Bonchev–Trinajstić information content (AvgIpc) is 3.27. The van der Waals surface area contributed by atoms with Crippen LogP contribution in [0.5, 0.6) is 0 Å². The second kappa shape index (κ2) is 7.21. The number of carbonyl (C=O) groups excluding carboxylic acids is 2. The van der Waals surface area contributed by atoms with E-state index in [-0.39, 0.29) is 30.0 Å². The Bertz CT molecular complexity index is 1010. The van der Waals surface area contributed by atoms with Gasteiger partial charge < -0.3 is 19.5 Å². The molecule has 2 aliphatic heterocycles. The SMILES string of the molecule is C[C@@H](O)[C@H]1C(=O)N2C(C(=O)O)=C(c3cccc(CC(=O)Nc4ccco4)c3)C[C@H]12. The zero-order valence-electron chi connectivity index (χ0n) is 15.7. The van der Waals surface area contributed by atoms with Gasteiger partial charge in [-0.05, 0) is 36.1 Å². The molecule has 29 heavy (non-hydrogen) atoms. The Morgan fingerprint density at radius 1 is 1.31 bits per heavy atom. The van der Waals surface area contributed by atoms with Gasteiger partial charge in [-0.1, -0.05) is 24.3 Å². The fraction of sp³-hybridized carbons (Fsp3) is 0.286. The van der Waals surface area contributed by atoms with E-state index in [1.54, 1.807) is 36.4 Å². The minimum atomic E-state index is -1.18. The number of aliphatic hydroxyl groups is 1. The molecule has 0 saturated carbocycles. The number of furan rings is 1. The molecule has 0 radical (unpaired) electrons. The van der Waals surface area contributed by atoms with Gasteiger partial charge in [-0.15, -0.1) is 0 Å². The third-order valence-corrected chi connectivity index (χ3v) is 5.35. The van der Waals surface area contributed by atoms with E-state index < -0.39 is 18.0 Å². The Morgan fingerprint density at radius 2 is 2.10 bits per heavy atom. The van der Waals surface area contributed by atoms with Crippen LogP contribution >= 0.6 is 0 Å². The highest BCUT2D eigenvalue weighted by Gasteiger charge is 2.56. The zero-order chi connectivity index (χ0) is 20.7. The molecular formula is C21H20N2O6. The Balaban J connectivity index is 1.58. The number of aliphatic hydroxyl groups excluding tert-OH is 1. The van der Waals surface area contributed by atoms with Crippen molar-refractivity contribution in [2.75, 3.05) is 5.32 Å². The highest BCUT2D eigenvalue weighted by molar-refractivity contribution is 6.06. The first-order chi connectivity index (χ1) is 13.9. The highest BCUT2D eigenvalue weighted by atomic mass is 16.4. The van der Waals surface area contributed by atoms with Crippen LogP contribution < -0.4 is 5.32 Å². The van der Waals surface area contributed by atoms with Crippen molar-refractivity contribution in [3.05, 3.63) is 59.5 Å². The van der Waals surface area contributed by atoms with Crippen LogP contribution in [-0.4, -0.2) is 45.0 Å². The van der Waals surface area contributed by atoms with Gasteiger partial charge in [-0.2, -0.15) is 0 Å². The molecule has 150 valence electrons. The van der Waals surface area contributed by atoms with Crippen LogP contribution in [0.15, 0.2) is 52.8 Å². The number of amides is 2. The lowest BCUT2D eigenvalue weighted by molar-refractivity contribution is -0.161. The summed E-state index contributed by atoms with van der Waals surface area (Å²) in [6.45, 7) is 1.54. The largest absolute Gasteiger partial charge is 0.477 e. The summed E-state index contributed by atoms with van der Waals surface area (Å²) in [4.78, 5) is 37.7. The lowest BCUT2D eigenvalue weighted by Crippen LogP contribution is -2.61. The number of carbonyl (C=O) groups is 3. The van der Waals surface area contributed by atoms with Gasteiger partial charge in [0.15, 0.2) is 5.88 Å². The van der Waals surface area contributed by atoms with E-state index in [0.717, 1.165) is 0 Å². The maximum atomic E-state index is 12.3. The molecule has 0 aliphatic carbocycles. The highest BCUT2D eigenvalue weighted by Crippen LogP contribution is 2.46. The molecule has 4 rings (SSSR count). The molecule has 2 amide bonds. The molecule has 1 saturated heterocycles. The van der Waals surface area contributed by atoms with E-state index in [0.29, 0.717) is 29.0 Å². The van der Waals surface area contributed by atoms with Gasteiger partial charge >= 0.3 is 5.97 Å². The summed E-state index contributed by atoms with van der Waals surface area (Å²) in [5.41, 5.74) is 1.84. The third kappa shape index (κ3) is 3.31. The van der Waals surface area contributed by atoms with Gasteiger partial charge in [-0.3, -0.25) is 14.9 Å². The molecule has 8 heteroatoms. The van der Waals surface area contributed by atoms with Crippen LogP contribution in [0.2, 0.25) is 0 Å². The number of aliphatic carboxylic acids is 1. The van der Waals surface area contributed by atoms with E-state index in [2.05, 4.69) is 5.32 Å². The van der Waals surface area contributed by atoms with Gasteiger partial charge in [0, 0.05) is 6.07 Å². The minimum absolute atomic E-state index is 0.0471. The summed E-state index contributed by atoms with van der Waals surface area (Å²) in [6, 6.07) is 10.0. The number of rotatable bonds is 6. The van der Waals surface area contributed by atoms with Crippen LogP contribution in [0.25, 0.3) is 5.57 Å². The summed E-state index contributed by atoms with van der Waals surface area (Å²) in [6.07, 6.45) is 1.06. The van der Waals surface area contributed by atoms with Crippen molar-refractivity contribution in [2.24, 2.45) is 5.92 Å². The smallest absolute Gasteiger partial charge is 0.352 e. The van der Waals surface area contributed by atoms with Crippen molar-refractivity contribution in [2.45, 2.75) is 31.9 Å². The molecule has 0 bridgehead atoms. The Kier molecular flexibility index (Phi) is 4.71. The quantitative estimate of drug-likeness (QED) is 0.641. The third-order valence-electron chi connectivity index (χ3n) is 5.35. The zero-order valence-corrected chi connectivity index (χ0v) is 15.7. The van der Waals surface area contributed by atoms with Crippen LogP contribution in [0, 0.1) is 5.92 Å². The van der Waals surface area contributed by atoms with Crippen molar-refractivity contribution in [3.8, 4) is 0 Å². The predicted molar refractivity (Wildman–Crippen MR) is 102 cm³/mol. The average molecular weight is 396 g/mol. The first kappa shape index (κ1) is 18.9. The maximum absolute atomic E-state index is 12.3. The number of nitrogens with zero attached hydrogens (tertiary/aromatic N) is 1. The number of nitrogens with one attached hydrogen (secondary N) is 1. The van der Waals surface area contributed by atoms with Crippen molar-refractivity contribution in [3.63, 3.8) is 0 Å². The Hall–Kier alpha value is -3.39.